The number of ether oxygens (including phenoxy) is 1. The Morgan fingerprint density at radius 1 is 0.871 bits per heavy atom. The summed E-state index contributed by atoms with van der Waals surface area (Å²) in [6, 6.07) is 25.2. The van der Waals surface area contributed by atoms with E-state index in [9.17, 15) is 9.59 Å². The van der Waals surface area contributed by atoms with Gasteiger partial charge in [-0.25, -0.2) is 0 Å². The Hall–Kier alpha value is -3.60. The number of amides is 2. The average Bonchev–Trinajstić information content (AvgIpc) is 2.83. The van der Waals surface area contributed by atoms with Gasteiger partial charge in [0.2, 0.25) is 5.91 Å². The van der Waals surface area contributed by atoms with Crippen molar-refractivity contribution < 1.29 is 14.3 Å². The fraction of sp³-hybridized carbons (Fsp3) is 0.231. The maximum atomic E-state index is 12.9. The van der Waals surface area contributed by atoms with Gasteiger partial charge in [0.15, 0.2) is 0 Å². The summed E-state index contributed by atoms with van der Waals surface area (Å²) in [5.41, 5.74) is 4.17. The van der Waals surface area contributed by atoms with Crippen molar-refractivity contribution in [3.8, 4) is 5.75 Å². The number of benzene rings is 3. The summed E-state index contributed by atoms with van der Waals surface area (Å²) in [4.78, 5) is 26.8. The van der Waals surface area contributed by atoms with Crippen LogP contribution in [-0.4, -0.2) is 29.9 Å². The Balaban J connectivity index is 1.23. The minimum atomic E-state index is -0.0666. The highest BCUT2D eigenvalue weighted by molar-refractivity contribution is 5.94. The van der Waals surface area contributed by atoms with Crippen molar-refractivity contribution in [2.24, 2.45) is 0 Å². The highest BCUT2D eigenvalue weighted by Crippen LogP contribution is 2.20. The molecule has 1 heterocycles. The van der Waals surface area contributed by atoms with Gasteiger partial charge in [0.1, 0.15) is 5.75 Å². The van der Waals surface area contributed by atoms with E-state index in [1.165, 1.54) is 11.1 Å². The molecule has 3 aromatic carbocycles. The lowest BCUT2D eigenvalue weighted by Crippen LogP contribution is -2.35. The third-order valence-electron chi connectivity index (χ3n) is 5.45. The molecule has 0 fully saturated rings. The predicted molar refractivity (Wildman–Crippen MR) is 120 cm³/mol. The van der Waals surface area contributed by atoms with E-state index in [4.69, 9.17) is 4.74 Å². The number of rotatable bonds is 7. The molecule has 158 valence electrons. The Morgan fingerprint density at radius 3 is 2.35 bits per heavy atom. The summed E-state index contributed by atoms with van der Waals surface area (Å²) in [6.07, 6.45) is 1.18. The summed E-state index contributed by atoms with van der Waals surface area (Å²) >= 11 is 0. The van der Waals surface area contributed by atoms with E-state index in [1.807, 2.05) is 71.6 Å². The third-order valence-corrected chi connectivity index (χ3v) is 5.45. The molecule has 4 rings (SSSR count). The maximum Gasteiger partial charge on any atom is 0.254 e. The Bertz CT molecular complexity index is 1030. The van der Waals surface area contributed by atoms with E-state index in [1.54, 1.807) is 0 Å². The molecule has 0 saturated carbocycles. The van der Waals surface area contributed by atoms with Gasteiger partial charge in [-0.05, 0) is 47.4 Å². The highest BCUT2D eigenvalue weighted by atomic mass is 16.5. The smallest absolute Gasteiger partial charge is 0.254 e. The number of para-hydroxylation sites is 1. The van der Waals surface area contributed by atoms with Gasteiger partial charge in [-0.2, -0.15) is 0 Å². The number of nitrogens with one attached hydrogen (secondary N) is 1. The molecular formula is C26H26N2O3. The fourth-order valence-electron chi connectivity index (χ4n) is 3.68. The monoisotopic (exact) mass is 414 g/mol. The third kappa shape index (κ3) is 5.51. The standard InChI is InChI=1S/C26H26N2O3/c29-25(15-17-31-24-8-2-1-3-9-24)27-18-20-10-12-22(13-11-20)26(30)28-16-14-21-6-4-5-7-23(21)19-28/h1-13H,14-19H2,(H,27,29). The first-order chi connectivity index (χ1) is 15.2. The Morgan fingerprint density at radius 2 is 1.58 bits per heavy atom. The minimum absolute atomic E-state index is 0.0446. The van der Waals surface area contributed by atoms with Gasteiger partial charge < -0.3 is 15.0 Å². The van der Waals surface area contributed by atoms with Gasteiger partial charge >= 0.3 is 0 Å². The van der Waals surface area contributed by atoms with Crippen molar-refractivity contribution in [1.29, 1.82) is 0 Å². The zero-order valence-electron chi connectivity index (χ0n) is 17.4. The van der Waals surface area contributed by atoms with Crippen LogP contribution < -0.4 is 10.1 Å². The molecule has 0 bridgehead atoms. The molecule has 5 nitrogen and oxygen atoms in total. The fourth-order valence-corrected chi connectivity index (χ4v) is 3.68. The van der Waals surface area contributed by atoms with Crippen molar-refractivity contribution >= 4 is 11.8 Å². The number of hydrogen-bond acceptors (Lipinski definition) is 3. The molecule has 1 N–H and O–H groups in total. The van der Waals surface area contributed by atoms with E-state index in [-0.39, 0.29) is 11.8 Å². The van der Waals surface area contributed by atoms with Crippen molar-refractivity contribution in [1.82, 2.24) is 10.2 Å². The van der Waals surface area contributed by atoms with Crippen LogP contribution >= 0.6 is 0 Å². The molecule has 1 aliphatic rings. The first-order valence-electron chi connectivity index (χ1n) is 10.6. The molecule has 0 spiro atoms. The van der Waals surface area contributed by atoms with E-state index in [2.05, 4.69) is 17.4 Å². The second-order valence-corrected chi connectivity index (χ2v) is 7.63. The van der Waals surface area contributed by atoms with Crippen LogP contribution in [0.25, 0.3) is 0 Å². The van der Waals surface area contributed by atoms with Crippen LogP contribution in [0.2, 0.25) is 0 Å². The van der Waals surface area contributed by atoms with E-state index in [0.29, 0.717) is 31.7 Å². The summed E-state index contributed by atoms with van der Waals surface area (Å²) < 4.78 is 5.55. The molecule has 3 aromatic rings. The SMILES string of the molecule is O=C(CCOc1ccccc1)NCc1ccc(C(=O)N2CCc3ccccc3C2)cc1. The van der Waals surface area contributed by atoms with Gasteiger partial charge in [-0.1, -0.05) is 54.6 Å². The van der Waals surface area contributed by atoms with Gasteiger partial charge in [-0.3, -0.25) is 9.59 Å². The van der Waals surface area contributed by atoms with Gasteiger partial charge in [0.05, 0.1) is 13.0 Å². The first kappa shape index (κ1) is 20.7. The number of nitrogens with zero attached hydrogens (tertiary/aromatic N) is 1. The van der Waals surface area contributed by atoms with E-state index < -0.39 is 0 Å². The highest BCUT2D eigenvalue weighted by Gasteiger charge is 2.21. The summed E-state index contributed by atoms with van der Waals surface area (Å²) in [6.45, 7) is 2.15. The molecule has 1 aliphatic heterocycles. The predicted octanol–water partition coefficient (Wildman–Crippen LogP) is 3.97. The van der Waals surface area contributed by atoms with Gasteiger partial charge in [0, 0.05) is 25.2 Å². The quantitative estimate of drug-likeness (QED) is 0.636. The molecule has 0 radical (unpaired) electrons. The molecule has 31 heavy (non-hydrogen) atoms. The van der Waals surface area contributed by atoms with Crippen molar-refractivity contribution in [2.45, 2.75) is 25.9 Å². The zero-order chi connectivity index (χ0) is 21.5. The van der Waals surface area contributed by atoms with Crippen LogP contribution in [0.3, 0.4) is 0 Å². The molecule has 0 saturated heterocycles. The number of carbonyl (C=O) groups is 2. The van der Waals surface area contributed by atoms with Gasteiger partial charge in [0.25, 0.3) is 5.91 Å². The molecule has 5 heteroatoms. The lowest BCUT2D eigenvalue weighted by atomic mass is 9.99. The van der Waals surface area contributed by atoms with Crippen LogP contribution in [0.1, 0.15) is 33.5 Å². The van der Waals surface area contributed by atoms with Crippen molar-refractivity contribution in [3.05, 3.63) is 101 Å². The lowest BCUT2D eigenvalue weighted by molar-refractivity contribution is -0.121. The summed E-state index contributed by atoms with van der Waals surface area (Å²) in [5, 5.41) is 2.89. The number of hydrogen-bond donors (Lipinski definition) is 1. The van der Waals surface area contributed by atoms with Crippen LogP contribution in [-0.2, 0) is 24.3 Å². The number of fused-ring (bicyclic) bond motifs is 1. The second kappa shape index (κ2) is 9.94. The largest absolute Gasteiger partial charge is 0.493 e. The first-order valence-corrected chi connectivity index (χ1v) is 10.6. The van der Waals surface area contributed by atoms with Gasteiger partial charge in [-0.15, -0.1) is 0 Å². The van der Waals surface area contributed by atoms with Crippen LogP contribution in [0.15, 0.2) is 78.9 Å². The average molecular weight is 415 g/mol. The molecular weight excluding hydrogens is 388 g/mol. The summed E-state index contributed by atoms with van der Waals surface area (Å²) in [5.74, 6) is 0.735. The normalized spacial score (nSPS) is 12.7. The lowest BCUT2D eigenvalue weighted by Gasteiger charge is -2.29. The molecule has 0 aliphatic carbocycles. The zero-order valence-corrected chi connectivity index (χ0v) is 17.4. The Kier molecular flexibility index (Phi) is 6.62. The van der Waals surface area contributed by atoms with E-state index in [0.717, 1.165) is 24.3 Å². The molecule has 2 amide bonds. The molecule has 0 unspecified atom stereocenters. The topological polar surface area (TPSA) is 58.6 Å². The Labute approximate surface area is 182 Å². The van der Waals surface area contributed by atoms with Crippen LogP contribution in [0.5, 0.6) is 5.75 Å². The maximum absolute atomic E-state index is 12.9. The second-order valence-electron chi connectivity index (χ2n) is 7.63. The van der Waals surface area contributed by atoms with E-state index >= 15 is 0 Å². The van der Waals surface area contributed by atoms with Crippen molar-refractivity contribution in [2.75, 3.05) is 13.2 Å². The molecule has 0 atom stereocenters. The van der Waals surface area contributed by atoms with Crippen molar-refractivity contribution in [3.63, 3.8) is 0 Å². The number of carbonyl (C=O) groups excluding carboxylic acids is 2. The van der Waals surface area contributed by atoms with Crippen LogP contribution in [0.4, 0.5) is 0 Å². The minimum Gasteiger partial charge on any atom is -0.493 e. The molecule has 0 aromatic heterocycles. The summed E-state index contributed by atoms with van der Waals surface area (Å²) in [7, 11) is 0. The van der Waals surface area contributed by atoms with Crippen LogP contribution in [0, 0.1) is 0 Å².